The van der Waals surface area contributed by atoms with Gasteiger partial charge < -0.3 is 5.32 Å². The smallest absolute Gasteiger partial charge is 0.325 e. The minimum Gasteiger partial charge on any atom is -0.325 e. The van der Waals surface area contributed by atoms with Crippen LogP contribution in [-0.4, -0.2) is 20.9 Å². The molecule has 0 fully saturated rings. The molecule has 0 saturated heterocycles. The van der Waals surface area contributed by atoms with Gasteiger partial charge in [0.1, 0.15) is 6.54 Å². The lowest BCUT2D eigenvalue weighted by atomic mass is 10.1. The zero-order valence-electron chi connectivity index (χ0n) is 17.4. The lowest BCUT2D eigenvalue weighted by Crippen LogP contribution is -2.38. The third kappa shape index (κ3) is 5.87. The van der Waals surface area contributed by atoms with Gasteiger partial charge in [-0.05, 0) is 48.0 Å². The van der Waals surface area contributed by atoms with Crippen LogP contribution in [0.15, 0.2) is 77.7 Å². The molecule has 11 heteroatoms. The molecule has 1 N–H and O–H groups in total. The van der Waals surface area contributed by atoms with Crippen molar-refractivity contribution in [3.63, 3.8) is 0 Å². The Hall–Kier alpha value is -3.55. The predicted molar refractivity (Wildman–Crippen MR) is 122 cm³/mol. The molecule has 0 saturated carbocycles. The Morgan fingerprint density at radius 3 is 2.26 bits per heavy atom. The van der Waals surface area contributed by atoms with Crippen molar-refractivity contribution >= 4 is 38.9 Å². The fraction of sp³-hybridized carbons (Fsp3) is 0.130. The lowest BCUT2D eigenvalue weighted by Gasteiger charge is -2.26. The van der Waals surface area contributed by atoms with Crippen LogP contribution < -0.4 is 9.62 Å². The minimum absolute atomic E-state index is 0.172. The zero-order valence-corrected chi connectivity index (χ0v) is 19.0. The van der Waals surface area contributed by atoms with Crippen LogP contribution in [0.4, 0.5) is 24.5 Å². The summed E-state index contributed by atoms with van der Waals surface area (Å²) in [5.41, 5.74) is -0.572. The number of carbonyl (C=O) groups excluding carboxylic acids is 1. The maximum Gasteiger partial charge on any atom is 0.416 e. The maximum atomic E-state index is 13.3. The highest BCUT2D eigenvalue weighted by Crippen LogP contribution is 2.37. The number of hydrogen-bond acceptors (Lipinski definition) is 4. The first-order valence-electron chi connectivity index (χ1n) is 9.72. The molecule has 176 valence electrons. The molecule has 0 spiro atoms. The van der Waals surface area contributed by atoms with Gasteiger partial charge in [0.25, 0.3) is 10.0 Å². The molecule has 0 unspecified atom stereocenters. The van der Waals surface area contributed by atoms with Crippen LogP contribution in [0.25, 0.3) is 0 Å². The topological polar surface area (TPSA) is 90.3 Å². The summed E-state index contributed by atoms with van der Waals surface area (Å²) in [5.74, 6) is -0.805. The molecule has 0 atom stereocenters. The van der Waals surface area contributed by atoms with Crippen molar-refractivity contribution in [3.05, 3.63) is 88.9 Å². The minimum atomic E-state index is -4.76. The molecule has 3 aromatic carbocycles. The summed E-state index contributed by atoms with van der Waals surface area (Å²) in [6.07, 6.45) is -4.58. The van der Waals surface area contributed by atoms with Crippen LogP contribution >= 0.6 is 11.6 Å². The van der Waals surface area contributed by atoms with Gasteiger partial charge in [-0.25, -0.2) is 8.42 Å². The van der Waals surface area contributed by atoms with Crippen molar-refractivity contribution in [2.45, 2.75) is 17.5 Å². The highest BCUT2D eigenvalue weighted by atomic mass is 35.5. The number of alkyl halides is 3. The Bertz CT molecular complexity index is 1320. The van der Waals surface area contributed by atoms with Crippen LogP contribution in [0.3, 0.4) is 0 Å². The summed E-state index contributed by atoms with van der Waals surface area (Å²) < 4.78 is 67.1. The fourth-order valence-corrected chi connectivity index (χ4v) is 4.75. The van der Waals surface area contributed by atoms with Crippen molar-refractivity contribution in [2.24, 2.45) is 0 Å². The molecule has 0 aliphatic rings. The molecule has 34 heavy (non-hydrogen) atoms. The molecular formula is C23H17ClF3N3O3S. The average molecular weight is 508 g/mol. The second-order valence-electron chi connectivity index (χ2n) is 7.07. The molecule has 0 radical (unpaired) electrons. The van der Waals surface area contributed by atoms with Gasteiger partial charge in [0.2, 0.25) is 5.91 Å². The Morgan fingerprint density at radius 1 is 1.03 bits per heavy atom. The lowest BCUT2D eigenvalue weighted by molar-refractivity contribution is -0.137. The standard InChI is InChI=1S/C23H17ClF3N3O3S/c24-20-11-8-17(23(25,26)27)14-21(20)30(34(32,33)19-4-2-1-3-5-19)15-22(31)29-18-9-6-16(7-10-18)12-13-28/h1-11,14H,12,15H2,(H,29,31). The summed E-state index contributed by atoms with van der Waals surface area (Å²) in [7, 11) is -4.46. The average Bonchev–Trinajstić information content (AvgIpc) is 2.79. The van der Waals surface area contributed by atoms with Gasteiger partial charge in [-0.15, -0.1) is 0 Å². The van der Waals surface area contributed by atoms with E-state index in [1.165, 1.54) is 36.4 Å². The number of nitrogens with zero attached hydrogens (tertiary/aromatic N) is 2. The third-order valence-electron chi connectivity index (χ3n) is 4.68. The fourth-order valence-electron chi connectivity index (χ4n) is 3.03. The number of amides is 1. The van der Waals surface area contributed by atoms with E-state index in [2.05, 4.69) is 5.32 Å². The molecule has 0 heterocycles. The number of anilines is 2. The summed E-state index contributed by atoms with van der Waals surface area (Å²) in [4.78, 5) is 12.5. The van der Waals surface area contributed by atoms with Crippen LogP contribution in [0.5, 0.6) is 0 Å². The predicted octanol–water partition coefficient (Wildman–Crippen LogP) is 5.26. The molecule has 3 rings (SSSR count). The van der Waals surface area contributed by atoms with Crippen LogP contribution in [0.1, 0.15) is 11.1 Å². The highest BCUT2D eigenvalue weighted by molar-refractivity contribution is 7.92. The van der Waals surface area contributed by atoms with E-state index in [0.717, 1.165) is 12.1 Å². The summed E-state index contributed by atoms with van der Waals surface area (Å²) in [6.45, 7) is -0.835. The van der Waals surface area contributed by atoms with Gasteiger partial charge in [0.05, 0.1) is 33.7 Å². The quantitative estimate of drug-likeness (QED) is 0.472. The van der Waals surface area contributed by atoms with E-state index in [4.69, 9.17) is 16.9 Å². The van der Waals surface area contributed by atoms with Gasteiger partial charge in [0.15, 0.2) is 0 Å². The third-order valence-corrected chi connectivity index (χ3v) is 6.78. The van der Waals surface area contributed by atoms with Crippen molar-refractivity contribution in [2.75, 3.05) is 16.2 Å². The van der Waals surface area contributed by atoms with Crippen molar-refractivity contribution in [1.29, 1.82) is 5.26 Å². The summed E-state index contributed by atoms with van der Waals surface area (Å²) in [6, 6.07) is 17.5. The normalized spacial score (nSPS) is 11.5. The van der Waals surface area contributed by atoms with Gasteiger partial charge in [-0.1, -0.05) is 41.9 Å². The van der Waals surface area contributed by atoms with E-state index in [1.807, 2.05) is 6.07 Å². The van der Waals surface area contributed by atoms with Gasteiger partial charge in [0, 0.05) is 5.69 Å². The first-order valence-corrected chi connectivity index (χ1v) is 11.5. The van der Waals surface area contributed by atoms with E-state index in [9.17, 15) is 26.4 Å². The van der Waals surface area contributed by atoms with Crippen LogP contribution in [0, 0.1) is 11.3 Å². The first-order chi connectivity index (χ1) is 16.0. The monoisotopic (exact) mass is 507 g/mol. The largest absolute Gasteiger partial charge is 0.416 e. The number of nitriles is 1. The zero-order chi connectivity index (χ0) is 24.9. The molecule has 6 nitrogen and oxygen atoms in total. The molecule has 0 aromatic heterocycles. The maximum absolute atomic E-state index is 13.3. The van der Waals surface area contributed by atoms with Crippen LogP contribution in [0.2, 0.25) is 5.02 Å². The SMILES string of the molecule is N#CCc1ccc(NC(=O)CN(c2cc(C(F)(F)F)ccc2Cl)S(=O)(=O)c2ccccc2)cc1. The summed E-state index contributed by atoms with van der Waals surface area (Å²) >= 11 is 6.09. The van der Waals surface area contributed by atoms with E-state index in [1.54, 1.807) is 18.2 Å². The highest BCUT2D eigenvalue weighted by Gasteiger charge is 2.34. The molecule has 0 bridgehead atoms. The molecule has 0 aliphatic heterocycles. The van der Waals surface area contributed by atoms with Crippen LogP contribution in [-0.2, 0) is 27.4 Å². The van der Waals surface area contributed by atoms with E-state index in [-0.39, 0.29) is 16.3 Å². The van der Waals surface area contributed by atoms with Gasteiger partial charge >= 0.3 is 6.18 Å². The Kier molecular flexibility index (Phi) is 7.49. The van der Waals surface area contributed by atoms with E-state index in [0.29, 0.717) is 21.6 Å². The van der Waals surface area contributed by atoms with Crippen molar-refractivity contribution in [1.82, 2.24) is 0 Å². The number of rotatable bonds is 7. The Labute approximate surface area is 199 Å². The van der Waals surface area contributed by atoms with E-state index >= 15 is 0 Å². The number of halogens is 4. The first kappa shape index (κ1) is 25.1. The van der Waals surface area contributed by atoms with Crippen molar-refractivity contribution in [3.8, 4) is 6.07 Å². The number of hydrogen-bond donors (Lipinski definition) is 1. The second kappa shape index (κ2) is 10.2. The Morgan fingerprint density at radius 2 is 1.68 bits per heavy atom. The van der Waals surface area contributed by atoms with E-state index < -0.39 is 39.9 Å². The number of nitrogens with one attached hydrogen (secondary N) is 1. The molecule has 3 aromatic rings. The number of sulfonamides is 1. The van der Waals surface area contributed by atoms with Gasteiger partial charge in [-0.3, -0.25) is 9.10 Å². The molecular weight excluding hydrogens is 491 g/mol. The number of benzene rings is 3. The number of carbonyl (C=O) groups is 1. The summed E-state index contributed by atoms with van der Waals surface area (Å²) in [5, 5.41) is 11.0. The van der Waals surface area contributed by atoms with Gasteiger partial charge in [-0.2, -0.15) is 18.4 Å². The van der Waals surface area contributed by atoms with Crippen molar-refractivity contribution < 1.29 is 26.4 Å². The Balaban J connectivity index is 1.99. The molecule has 1 amide bonds. The second-order valence-corrected chi connectivity index (χ2v) is 9.34. The molecule has 0 aliphatic carbocycles.